The summed E-state index contributed by atoms with van der Waals surface area (Å²) in [5.74, 6) is -1.24. The number of halogens is 1. The number of methoxy groups -OCH3 is 1. The smallest absolute Gasteiger partial charge is 0.322 e. The van der Waals surface area contributed by atoms with Gasteiger partial charge in [-0.05, 0) is 34.0 Å². The Hall–Kier alpha value is -1.12. The van der Waals surface area contributed by atoms with Gasteiger partial charge in [0.05, 0.1) is 16.5 Å². The van der Waals surface area contributed by atoms with Gasteiger partial charge in [-0.3, -0.25) is 4.79 Å². The van der Waals surface area contributed by atoms with E-state index in [1.165, 1.54) is 25.3 Å². The van der Waals surface area contributed by atoms with E-state index in [0.29, 0.717) is 10.2 Å². The monoisotopic (exact) mass is 365 g/mol. The molecule has 0 aliphatic rings. The van der Waals surface area contributed by atoms with Gasteiger partial charge in [0.1, 0.15) is 11.8 Å². The van der Waals surface area contributed by atoms with Crippen molar-refractivity contribution in [1.82, 2.24) is 4.72 Å². The Balaban J connectivity index is 3.14. The van der Waals surface area contributed by atoms with Crippen molar-refractivity contribution >= 4 is 31.9 Å². The number of carbonyl (C=O) groups is 1. The van der Waals surface area contributed by atoms with Crippen LogP contribution >= 0.6 is 15.9 Å². The molecule has 0 fully saturated rings. The molecular weight excluding hydrogens is 350 g/mol. The molecule has 1 atom stereocenters. The lowest BCUT2D eigenvalue weighted by Gasteiger charge is -2.18. The lowest BCUT2D eigenvalue weighted by Crippen LogP contribution is -2.44. The number of hydrogen-bond acceptors (Lipinski definition) is 4. The molecule has 8 heteroatoms. The van der Waals surface area contributed by atoms with Crippen LogP contribution in [-0.2, 0) is 14.8 Å². The molecule has 2 N–H and O–H groups in total. The number of carboxylic acid groups (broad SMARTS) is 1. The molecule has 0 aliphatic heterocycles. The van der Waals surface area contributed by atoms with Gasteiger partial charge in [0.15, 0.2) is 0 Å². The highest BCUT2D eigenvalue weighted by Crippen LogP contribution is 2.27. The average Bonchev–Trinajstić information content (AvgIpc) is 2.35. The van der Waals surface area contributed by atoms with Crippen molar-refractivity contribution in [3.63, 3.8) is 0 Å². The number of sulfonamides is 1. The molecule has 0 saturated heterocycles. The van der Waals surface area contributed by atoms with E-state index >= 15 is 0 Å². The van der Waals surface area contributed by atoms with Crippen LogP contribution in [0.1, 0.15) is 13.8 Å². The number of rotatable bonds is 6. The first kappa shape index (κ1) is 16.9. The second-order valence-corrected chi connectivity index (χ2v) is 7.05. The lowest BCUT2D eigenvalue weighted by atomic mass is 10.1. The molecule has 0 aliphatic carbocycles. The number of benzene rings is 1. The number of nitrogens with one attached hydrogen (secondary N) is 1. The van der Waals surface area contributed by atoms with Gasteiger partial charge < -0.3 is 9.84 Å². The summed E-state index contributed by atoms with van der Waals surface area (Å²) in [5.41, 5.74) is 0. The molecule has 1 aromatic rings. The molecule has 0 spiro atoms. The molecule has 20 heavy (non-hydrogen) atoms. The Morgan fingerprint density at radius 1 is 1.40 bits per heavy atom. The highest BCUT2D eigenvalue weighted by molar-refractivity contribution is 9.10. The van der Waals surface area contributed by atoms with Crippen molar-refractivity contribution in [2.75, 3.05) is 7.11 Å². The van der Waals surface area contributed by atoms with Crippen LogP contribution in [0, 0.1) is 5.92 Å². The second-order valence-electron chi connectivity index (χ2n) is 4.48. The van der Waals surface area contributed by atoms with Gasteiger partial charge >= 0.3 is 5.97 Å². The fourth-order valence-electron chi connectivity index (χ4n) is 1.51. The first-order valence-electron chi connectivity index (χ1n) is 5.77. The first-order chi connectivity index (χ1) is 9.19. The van der Waals surface area contributed by atoms with Crippen LogP contribution in [0.5, 0.6) is 5.75 Å². The summed E-state index contributed by atoms with van der Waals surface area (Å²) in [6.07, 6.45) is 0. The number of ether oxygens (including phenoxy) is 1. The van der Waals surface area contributed by atoms with E-state index in [4.69, 9.17) is 9.84 Å². The van der Waals surface area contributed by atoms with Crippen LogP contribution in [0.25, 0.3) is 0 Å². The maximum Gasteiger partial charge on any atom is 0.322 e. The summed E-state index contributed by atoms with van der Waals surface area (Å²) < 4.78 is 32.2. The average molecular weight is 366 g/mol. The molecule has 0 aromatic heterocycles. The van der Waals surface area contributed by atoms with Gasteiger partial charge in [-0.15, -0.1) is 0 Å². The van der Waals surface area contributed by atoms with Crippen LogP contribution < -0.4 is 9.46 Å². The van der Waals surface area contributed by atoms with Crippen molar-refractivity contribution in [3.05, 3.63) is 22.7 Å². The standard InChI is InChI=1S/C12H16BrNO5S/c1-7(2)11(12(15)16)14-20(17,18)8-4-5-9(13)10(6-8)19-3/h4-7,11,14H,1-3H3,(H,15,16). The largest absolute Gasteiger partial charge is 0.496 e. The summed E-state index contributed by atoms with van der Waals surface area (Å²) in [4.78, 5) is 11.0. The number of aliphatic carboxylic acids is 1. The topological polar surface area (TPSA) is 92.7 Å². The normalized spacial score (nSPS) is 13.2. The molecule has 0 radical (unpaired) electrons. The Morgan fingerprint density at radius 3 is 2.45 bits per heavy atom. The molecule has 0 bridgehead atoms. The van der Waals surface area contributed by atoms with Crippen molar-refractivity contribution in [3.8, 4) is 5.75 Å². The molecule has 0 heterocycles. The van der Waals surface area contributed by atoms with Gasteiger partial charge in [-0.2, -0.15) is 4.72 Å². The third kappa shape index (κ3) is 3.94. The minimum absolute atomic E-state index is 0.0514. The number of carboxylic acids is 1. The Morgan fingerprint density at radius 2 is 2.00 bits per heavy atom. The van der Waals surface area contributed by atoms with Crippen LogP contribution in [-0.4, -0.2) is 32.6 Å². The van der Waals surface area contributed by atoms with Gasteiger partial charge in [-0.25, -0.2) is 8.42 Å². The zero-order chi connectivity index (χ0) is 15.5. The predicted molar refractivity (Wildman–Crippen MR) is 77.3 cm³/mol. The molecule has 1 unspecified atom stereocenters. The lowest BCUT2D eigenvalue weighted by molar-refractivity contribution is -0.140. The van der Waals surface area contributed by atoms with Crippen molar-refractivity contribution in [2.24, 2.45) is 5.92 Å². The van der Waals surface area contributed by atoms with E-state index in [1.54, 1.807) is 13.8 Å². The maximum atomic E-state index is 12.2. The Kier molecular flexibility index (Phi) is 5.55. The van der Waals surface area contributed by atoms with Crippen molar-refractivity contribution in [1.29, 1.82) is 0 Å². The summed E-state index contributed by atoms with van der Waals surface area (Å²) in [5, 5.41) is 9.04. The van der Waals surface area contributed by atoms with Gasteiger partial charge in [0, 0.05) is 6.07 Å². The summed E-state index contributed by atoms with van der Waals surface area (Å²) in [6.45, 7) is 3.26. The van der Waals surface area contributed by atoms with E-state index in [-0.39, 0.29) is 10.8 Å². The minimum Gasteiger partial charge on any atom is -0.496 e. The van der Waals surface area contributed by atoms with E-state index < -0.39 is 22.0 Å². The SMILES string of the molecule is COc1cc(S(=O)(=O)NC(C(=O)O)C(C)C)ccc1Br. The molecule has 0 amide bonds. The fourth-order valence-corrected chi connectivity index (χ4v) is 3.28. The Labute approximate surface area is 126 Å². The molecule has 1 rings (SSSR count). The highest BCUT2D eigenvalue weighted by Gasteiger charge is 2.28. The summed E-state index contributed by atoms with van der Waals surface area (Å²) in [6, 6.07) is 3.04. The summed E-state index contributed by atoms with van der Waals surface area (Å²) >= 11 is 3.22. The van der Waals surface area contributed by atoms with Gasteiger partial charge in [-0.1, -0.05) is 13.8 Å². The van der Waals surface area contributed by atoms with Crippen LogP contribution in [0.4, 0.5) is 0 Å². The second kappa shape index (κ2) is 6.55. The fraction of sp³-hybridized carbons (Fsp3) is 0.417. The maximum absolute atomic E-state index is 12.2. The highest BCUT2D eigenvalue weighted by atomic mass is 79.9. The zero-order valence-corrected chi connectivity index (χ0v) is 13.7. The van der Waals surface area contributed by atoms with Crippen LogP contribution in [0.3, 0.4) is 0 Å². The predicted octanol–water partition coefficient (Wildman–Crippen LogP) is 1.85. The molecule has 1 aromatic carbocycles. The van der Waals surface area contributed by atoms with Crippen molar-refractivity contribution in [2.45, 2.75) is 24.8 Å². The molecular formula is C12H16BrNO5S. The zero-order valence-electron chi connectivity index (χ0n) is 11.3. The molecule has 6 nitrogen and oxygen atoms in total. The first-order valence-corrected chi connectivity index (χ1v) is 8.05. The van der Waals surface area contributed by atoms with E-state index in [1.807, 2.05) is 0 Å². The van der Waals surface area contributed by atoms with E-state index in [2.05, 4.69) is 20.7 Å². The molecule has 112 valence electrons. The van der Waals surface area contributed by atoms with Gasteiger partial charge in [0.2, 0.25) is 10.0 Å². The Bertz CT molecular complexity index is 600. The quantitative estimate of drug-likeness (QED) is 0.802. The van der Waals surface area contributed by atoms with Crippen molar-refractivity contribution < 1.29 is 23.1 Å². The number of hydrogen-bond donors (Lipinski definition) is 2. The van der Waals surface area contributed by atoms with Crippen LogP contribution in [0.2, 0.25) is 0 Å². The van der Waals surface area contributed by atoms with E-state index in [9.17, 15) is 13.2 Å². The summed E-state index contributed by atoms with van der Waals surface area (Å²) in [7, 11) is -2.52. The third-order valence-corrected chi connectivity index (χ3v) is 4.74. The van der Waals surface area contributed by atoms with E-state index in [0.717, 1.165) is 0 Å². The molecule has 0 saturated carbocycles. The van der Waals surface area contributed by atoms with Gasteiger partial charge in [0.25, 0.3) is 0 Å². The minimum atomic E-state index is -3.93. The third-order valence-electron chi connectivity index (χ3n) is 2.65. The van der Waals surface area contributed by atoms with Crippen LogP contribution in [0.15, 0.2) is 27.6 Å².